The standard InChI is InChI=1S/C16H23N5O/c1-11-8-12(2)21(19-11)9-14-4-3-7-20(14)10-15-17-18-16(22-15)13-5-6-13/h8,13-14H,3-7,9-10H2,1-2H3. The fourth-order valence-corrected chi connectivity index (χ4v) is 3.37. The number of aryl methyl sites for hydroxylation is 2. The van der Waals surface area contributed by atoms with Crippen molar-refractivity contribution in [3.05, 3.63) is 29.2 Å². The van der Waals surface area contributed by atoms with Gasteiger partial charge in [-0.1, -0.05) is 0 Å². The quantitative estimate of drug-likeness (QED) is 0.849. The van der Waals surface area contributed by atoms with E-state index in [9.17, 15) is 0 Å². The van der Waals surface area contributed by atoms with Crippen molar-refractivity contribution in [1.82, 2.24) is 24.9 Å². The van der Waals surface area contributed by atoms with Crippen molar-refractivity contribution in [3.8, 4) is 0 Å². The van der Waals surface area contributed by atoms with Gasteiger partial charge in [0.1, 0.15) is 0 Å². The van der Waals surface area contributed by atoms with Crippen molar-refractivity contribution in [2.75, 3.05) is 6.54 Å². The molecule has 1 aliphatic heterocycles. The van der Waals surface area contributed by atoms with Crippen LogP contribution in [0.25, 0.3) is 0 Å². The Kier molecular flexibility index (Phi) is 3.48. The smallest absolute Gasteiger partial charge is 0.230 e. The van der Waals surface area contributed by atoms with Crippen LogP contribution < -0.4 is 0 Å². The van der Waals surface area contributed by atoms with Crippen molar-refractivity contribution < 1.29 is 4.42 Å². The first-order valence-corrected chi connectivity index (χ1v) is 8.26. The summed E-state index contributed by atoms with van der Waals surface area (Å²) in [6, 6.07) is 2.65. The maximum absolute atomic E-state index is 5.81. The van der Waals surface area contributed by atoms with Crippen LogP contribution in [0, 0.1) is 13.8 Å². The van der Waals surface area contributed by atoms with Crippen LogP contribution in [0.4, 0.5) is 0 Å². The molecule has 4 rings (SSSR count). The highest BCUT2D eigenvalue weighted by molar-refractivity contribution is 5.07. The molecule has 1 unspecified atom stereocenters. The lowest BCUT2D eigenvalue weighted by atomic mass is 10.2. The molecular formula is C16H23N5O. The molecule has 0 amide bonds. The fraction of sp³-hybridized carbons (Fsp3) is 0.688. The molecule has 22 heavy (non-hydrogen) atoms. The van der Waals surface area contributed by atoms with Gasteiger partial charge in [0.25, 0.3) is 0 Å². The third-order valence-electron chi connectivity index (χ3n) is 4.73. The lowest BCUT2D eigenvalue weighted by molar-refractivity contribution is 0.197. The average Bonchev–Trinajstić information content (AvgIpc) is 2.93. The first kappa shape index (κ1) is 13.9. The molecule has 118 valence electrons. The van der Waals surface area contributed by atoms with Gasteiger partial charge in [-0.05, 0) is 52.1 Å². The largest absolute Gasteiger partial charge is 0.424 e. The summed E-state index contributed by atoms with van der Waals surface area (Å²) in [6.45, 7) is 6.99. The van der Waals surface area contributed by atoms with Gasteiger partial charge in [-0.3, -0.25) is 9.58 Å². The zero-order chi connectivity index (χ0) is 15.1. The molecule has 0 aromatic carbocycles. The van der Waals surface area contributed by atoms with E-state index in [1.165, 1.54) is 31.4 Å². The summed E-state index contributed by atoms with van der Waals surface area (Å²) in [4.78, 5) is 2.46. The minimum atomic E-state index is 0.509. The molecule has 0 spiro atoms. The Morgan fingerprint density at radius 1 is 1.23 bits per heavy atom. The molecule has 2 aromatic rings. The Bertz CT molecular complexity index is 657. The van der Waals surface area contributed by atoms with E-state index in [1.54, 1.807) is 0 Å². The molecule has 1 saturated carbocycles. The Morgan fingerprint density at radius 3 is 2.82 bits per heavy atom. The third kappa shape index (κ3) is 2.79. The molecule has 3 heterocycles. The summed E-state index contributed by atoms with van der Waals surface area (Å²) in [5.74, 6) is 2.14. The van der Waals surface area contributed by atoms with Crippen LogP contribution in [0.3, 0.4) is 0 Å². The number of rotatable bonds is 5. The summed E-state index contributed by atoms with van der Waals surface area (Å²) >= 11 is 0. The minimum Gasteiger partial charge on any atom is -0.424 e. The summed E-state index contributed by atoms with van der Waals surface area (Å²) in [6.07, 6.45) is 4.84. The molecule has 2 aromatic heterocycles. The van der Waals surface area contributed by atoms with Crippen LogP contribution in [0.1, 0.15) is 54.8 Å². The van der Waals surface area contributed by atoms with Crippen LogP contribution in [0.2, 0.25) is 0 Å². The van der Waals surface area contributed by atoms with Crippen LogP contribution >= 0.6 is 0 Å². The van der Waals surface area contributed by atoms with Gasteiger partial charge in [0.15, 0.2) is 0 Å². The van der Waals surface area contributed by atoms with E-state index in [0.717, 1.165) is 37.1 Å². The van der Waals surface area contributed by atoms with Crippen LogP contribution in [0.15, 0.2) is 10.5 Å². The van der Waals surface area contributed by atoms with E-state index >= 15 is 0 Å². The van der Waals surface area contributed by atoms with Gasteiger partial charge < -0.3 is 4.42 Å². The molecule has 1 saturated heterocycles. The third-order valence-corrected chi connectivity index (χ3v) is 4.73. The van der Waals surface area contributed by atoms with Crippen molar-refractivity contribution in [3.63, 3.8) is 0 Å². The number of nitrogens with zero attached hydrogens (tertiary/aromatic N) is 5. The molecule has 2 aliphatic rings. The molecule has 2 fully saturated rings. The minimum absolute atomic E-state index is 0.509. The van der Waals surface area contributed by atoms with E-state index in [1.807, 2.05) is 6.92 Å². The highest BCUT2D eigenvalue weighted by atomic mass is 16.4. The monoisotopic (exact) mass is 301 g/mol. The zero-order valence-corrected chi connectivity index (χ0v) is 13.3. The SMILES string of the molecule is Cc1cc(C)n(CC2CCCN2Cc2nnc(C3CC3)o2)n1. The molecule has 0 N–H and O–H groups in total. The van der Waals surface area contributed by atoms with Crippen molar-refractivity contribution in [1.29, 1.82) is 0 Å². The number of likely N-dealkylation sites (tertiary alicyclic amines) is 1. The van der Waals surface area contributed by atoms with Gasteiger partial charge in [-0.25, -0.2) is 0 Å². The lowest BCUT2D eigenvalue weighted by Gasteiger charge is -2.23. The van der Waals surface area contributed by atoms with Crippen LogP contribution in [-0.2, 0) is 13.1 Å². The average molecular weight is 301 g/mol. The van der Waals surface area contributed by atoms with Gasteiger partial charge in [0.2, 0.25) is 11.8 Å². The highest BCUT2D eigenvalue weighted by Crippen LogP contribution is 2.39. The van der Waals surface area contributed by atoms with E-state index < -0.39 is 0 Å². The van der Waals surface area contributed by atoms with Crippen molar-refractivity contribution >= 4 is 0 Å². The predicted octanol–water partition coefficient (Wildman–Crippen LogP) is 2.42. The van der Waals surface area contributed by atoms with E-state index in [2.05, 4.69) is 37.9 Å². The Morgan fingerprint density at radius 2 is 2.09 bits per heavy atom. The summed E-state index contributed by atoms with van der Waals surface area (Å²) in [5.41, 5.74) is 2.33. The second kappa shape index (κ2) is 5.50. The zero-order valence-electron chi connectivity index (χ0n) is 13.3. The normalized spacial score (nSPS) is 22.5. The molecule has 0 radical (unpaired) electrons. The molecule has 1 aliphatic carbocycles. The van der Waals surface area contributed by atoms with Crippen LogP contribution in [-0.4, -0.2) is 37.5 Å². The summed E-state index contributed by atoms with van der Waals surface area (Å²) in [5, 5.41) is 13.0. The Hall–Kier alpha value is -1.69. The first-order valence-electron chi connectivity index (χ1n) is 8.26. The Labute approximate surface area is 130 Å². The van der Waals surface area contributed by atoms with Gasteiger partial charge in [0, 0.05) is 17.7 Å². The van der Waals surface area contributed by atoms with Gasteiger partial charge in [0.05, 0.1) is 18.8 Å². The van der Waals surface area contributed by atoms with E-state index in [0.29, 0.717) is 12.0 Å². The van der Waals surface area contributed by atoms with E-state index in [-0.39, 0.29) is 0 Å². The number of hydrogen-bond acceptors (Lipinski definition) is 5. The Balaban J connectivity index is 1.42. The van der Waals surface area contributed by atoms with Gasteiger partial charge >= 0.3 is 0 Å². The van der Waals surface area contributed by atoms with Gasteiger partial charge in [-0.15, -0.1) is 10.2 Å². The second-order valence-electron chi connectivity index (χ2n) is 6.68. The summed E-state index contributed by atoms with van der Waals surface area (Å²) < 4.78 is 7.94. The second-order valence-corrected chi connectivity index (χ2v) is 6.68. The number of hydrogen-bond donors (Lipinski definition) is 0. The maximum atomic E-state index is 5.81. The topological polar surface area (TPSA) is 60.0 Å². The first-order chi connectivity index (χ1) is 10.7. The summed E-state index contributed by atoms with van der Waals surface area (Å²) in [7, 11) is 0. The maximum Gasteiger partial charge on any atom is 0.230 e. The highest BCUT2D eigenvalue weighted by Gasteiger charge is 2.31. The fourth-order valence-electron chi connectivity index (χ4n) is 3.37. The van der Waals surface area contributed by atoms with Gasteiger partial charge in [-0.2, -0.15) is 5.10 Å². The number of aromatic nitrogens is 4. The molecule has 1 atom stereocenters. The van der Waals surface area contributed by atoms with E-state index in [4.69, 9.17) is 4.42 Å². The molecular weight excluding hydrogens is 278 g/mol. The predicted molar refractivity (Wildman–Crippen MR) is 81.4 cm³/mol. The molecule has 6 heteroatoms. The van der Waals surface area contributed by atoms with Crippen molar-refractivity contribution in [2.24, 2.45) is 0 Å². The lowest BCUT2D eigenvalue weighted by Crippen LogP contribution is -2.33. The van der Waals surface area contributed by atoms with Crippen LogP contribution in [0.5, 0.6) is 0 Å². The molecule has 0 bridgehead atoms. The van der Waals surface area contributed by atoms with Crippen molar-refractivity contribution in [2.45, 2.75) is 64.6 Å². The molecule has 6 nitrogen and oxygen atoms in total.